The van der Waals surface area contributed by atoms with E-state index in [0.717, 1.165) is 0 Å². The van der Waals surface area contributed by atoms with Gasteiger partial charge in [0.1, 0.15) is 5.78 Å². The van der Waals surface area contributed by atoms with Crippen LogP contribution in [0, 0.1) is 0 Å². The Morgan fingerprint density at radius 1 is 1.33 bits per heavy atom. The lowest BCUT2D eigenvalue weighted by atomic mass is 10.6. The van der Waals surface area contributed by atoms with Gasteiger partial charge in [0, 0.05) is 0 Å². The molecule has 0 fully saturated rings. The van der Waals surface area contributed by atoms with Crippen LogP contribution in [0.3, 0.4) is 0 Å². The molecule has 1 N–H and O–H groups in total. The molecule has 0 saturated carbocycles. The molecule has 0 aliphatic rings. The molecule has 0 bridgehead atoms. The van der Waals surface area contributed by atoms with Crippen LogP contribution in [0.4, 0.5) is 0 Å². The first-order chi connectivity index (χ1) is 3.46. The number of allylic oxidation sites excluding steroid dienone is 1. The number of ketones is 1. The maximum Gasteiger partial charge on any atom is 0.126 e. The van der Waals surface area contributed by atoms with Gasteiger partial charge in [0.2, 0.25) is 0 Å². The van der Waals surface area contributed by atoms with E-state index in [0.29, 0.717) is 0 Å². The molecule has 2 nitrogen and oxygen atoms in total. The number of carbonyl (C=O) groups is 1. The fourth-order valence-corrected chi connectivity index (χ4v) is 0. The molecule has 56 valence electrons. The molecule has 0 amide bonds. The zero-order valence-electron chi connectivity index (χ0n) is 5.56. The Labute approximate surface area is 57.2 Å². The summed E-state index contributed by atoms with van der Waals surface area (Å²) in [6, 6.07) is 0. The molecule has 0 radical (unpaired) electrons. The SMILES string of the molecule is C.C=C(C)O.CC(C)=O. The molecule has 0 atom stereocenters. The molecular formula is C7H16O2. The van der Waals surface area contributed by atoms with E-state index in [2.05, 4.69) is 6.58 Å². The van der Waals surface area contributed by atoms with Crippen molar-refractivity contribution < 1.29 is 9.90 Å². The number of Topliss-reactive ketones (excluding diaryl/α,β-unsaturated/α-hetero) is 1. The fraction of sp³-hybridized carbons (Fsp3) is 0.571. The van der Waals surface area contributed by atoms with Crippen LogP contribution in [-0.2, 0) is 4.79 Å². The Hall–Kier alpha value is -0.790. The summed E-state index contributed by atoms with van der Waals surface area (Å²) in [7, 11) is 0. The van der Waals surface area contributed by atoms with E-state index >= 15 is 0 Å². The molecule has 0 aliphatic carbocycles. The third-order valence-electron chi connectivity index (χ3n) is 0. The van der Waals surface area contributed by atoms with Crippen LogP contribution in [0.5, 0.6) is 0 Å². The number of rotatable bonds is 0. The zero-order valence-corrected chi connectivity index (χ0v) is 5.56. The van der Waals surface area contributed by atoms with Gasteiger partial charge < -0.3 is 9.90 Å². The van der Waals surface area contributed by atoms with Gasteiger partial charge in [0.05, 0.1) is 5.76 Å². The van der Waals surface area contributed by atoms with Crippen LogP contribution in [0.25, 0.3) is 0 Å². The molecule has 0 aliphatic heterocycles. The van der Waals surface area contributed by atoms with Gasteiger partial charge >= 0.3 is 0 Å². The maximum atomic E-state index is 9.44. The topological polar surface area (TPSA) is 37.3 Å². The molecular weight excluding hydrogens is 116 g/mol. The molecule has 0 aromatic carbocycles. The van der Waals surface area contributed by atoms with E-state index in [9.17, 15) is 4.79 Å². The van der Waals surface area contributed by atoms with E-state index in [4.69, 9.17) is 5.11 Å². The van der Waals surface area contributed by atoms with Crippen molar-refractivity contribution in [3.8, 4) is 0 Å². The van der Waals surface area contributed by atoms with Crippen molar-refractivity contribution in [2.24, 2.45) is 0 Å². The summed E-state index contributed by atoms with van der Waals surface area (Å²) in [5.74, 6) is 0.333. The minimum atomic E-state index is 0. The van der Waals surface area contributed by atoms with Gasteiger partial charge in [-0.15, -0.1) is 0 Å². The Bertz CT molecular complexity index is 64.9. The molecule has 0 unspecified atom stereocenters. The minimum Gasteiger partial charge on any atom is -0.513 e. The lowest BCUT2D eigenvalue weighted by Gasteiger charge is -1.68. The number of aliphatic hydroxyl groups is 1. The van der Waals surface area contributed by atoms with Gasteiger partial charge in [-0.05, 0) is 20.8 Å². The first-order valence-corrected chi connectivity index (χ1v) is 2.28. The van der Waals surface area contributed by atoms with Gasteiger partial charge in [-0.2, -0.15) is 0 Å². The van der Waals surface area contributed by atoms with Crippen LogP contribution in [0.1, 0.15) is 28.2 Å². The second-order valence-corrected chi connectivity index (χ2v) is 1.64. The standard InChI is InChI=1S/2C3H6O.CH4/c2*1-3(2)4;/h1-2H3;4H,1H2,2H3;1H4. The van der Waals surface area contributed by atoms with Crippen molar-refractivity contribution in [2.75, 3.05) is 0 Å². The van der Waals surface area contributed by atoms with Crippen LogP contribution in [0.15, 0.2) is 12.3 Å². The average Bonchev–Trinajstić information content (AvgIpc) is 1.25. The summed E-state index contributed by atoms with van der Waals surface area (Å²) in [6.45, 7) is 7.69. The molecule has 0 aromatic heterocycles. The molecule has 9 heavy (non-hydrogen) atoms. The highest BCUT2D eigenvalue weighted by molar-refractivity contribution is 5.72. The van der Waals surface area contributed by atoms with Gasteiger partial charge in [-0.25, -0.2) is 0 Å². The van der Waals surface area contributed by atoms with Crippen molar-refractivity contribution in [1.82, 2.24) is 0 Å². The summed E-state index contributed by atoms with van der Waals surface area (Å²) in [4.78, 5) is 9.44. The summed E-state index contributed by atoms with van der Waals surface area (Å²) in [6.07, 6.45) is 0. The summed E-state index contributed by atoms with van der Waals surface area (Å²) >= 11 is 0. The number of hydrogen-bond donors (Lipinski definition) is 1. The summed E-state index contributed by atoms with van der Waals surface area (Å²) in [5, 5.41) is 7.86. The second kappa shape index (κ2) is 10.2. The van der Waals surface area contributed by atoms with Crippen molar-refractivity contribution in [2.45, 2.75) is 28.2 Å². The number of aliphatic hydroxyl groups excluding tert-OH is 1. The average molecular weight is 132 g/mol. The smallest absolute Gasteiger partial charge is 0.126 e. The van der Waals surface area contributed by atoms with Crippen LogP contribution < -0.4 is 0 Å². The van der Waals surface area contributed by atoms with E-state index < -0.39 is 0 Å². The normalized spacial score (nSPS) is 5.67. The molecule has 2 heteroatoms. The van der Waals surface area contributed by atoms with E-state index in [1.54, 1.807) is 0 Å². The largest absolute Gasteiger partial charge is 0.513 e. The maximum absolute atomic E-state index is 9.44. The Morgan fingerprint density at radius 3 is 1.33 bits per heavy atom. The molecule has 0 spiro atoms. The highest BCUT2D eigenvalue weighted by Crippen LogP contribution is 1.66. The van der Waals surface area contributed by atoms with Crippen molar-refractivity contribution in [3.05, 3.63) is 12.3 Å². The predicted octanol–water partition coefficient (Wildman–Crippen LogP) is 2.31. The quantitative estimate of drug-likeness (QED) is 0.513. The highest BCUT2D eigenvalue weighted by Gasteiger charge is 1.62. The Balaban J connectivity index is -0.0000000720. The number of hydrogen-bond acceptors (Lipinski definition) is 2. The van der Waals surface area contributed by atoms with Crippen LogP contribution in [-0.4, -0.2) is 10.9 Å². The lowest BCUT2D eigenvalue weighted by molar-refractivity contribution is -0.114. The Kier molecular flexibility index (Phi) is 17.9. The number of carbonyl (C=O) groups excluding carboxylic acids is 1. The second-order valence-electron chi connectivity index (χ2n) is 1.64. The molecule has 0 rings (SSSR count). The van der Waals surface area contributed by atoms with E-state index in [1.807, 2.05) is 0 Å². The predicted molar refractivity (Wildman–Crippen MR) is 40.5 cm³/mol. The zero-order chi connectivity index (χ0) is 7.15. The first kappa shape index (κ1) is 15.7. The van der Waals surface area contributed by atoms with Crippen molar-refractivity contribution in [3.63, 3.8) is 0 Å². The summed E-state index contributed by atoms with van der Waals surface area (Å²) < 4.78 is 0. The molecule has 0 heterocycles. The highest BCUT2D eigenvalue weighted by atomic mass is 16.3. The third kappa shape index (κ3) is 314. The monoisotopic (exact) mass is 132 g/mol. The van der Waals surface area contributed by atoms with Gasteiger partial charge in [-0.1, -0.05) is 14.0 Å². The molecule has 0 saturated heterocycles. The van der Waals surface area contributed by atoms with E-state index in [-0.39, 0.29) is 19.0 Å². The van der Waals surface area contributed by atoms with Crippen LogP contribution in [0.2, 0.25) is 0 Å². The first-order valence-electron chi connectivity index (χ1n) is 2.28. The van der Waals surface area contributed by atoms with Crippen molar-refractivity contribution in [1.29, 1.82) is 0 Å². The fourth-order valence-electron chi connectivity index (χ4n) is 0. The van der Waals surface area contributed by atoms with Gasteiger partial charge in [0.15, 0.2) is 0 Å². The minimum absolute atomic E-state index is 0. The molecule has 0 aromatic rings. The van der Waals surface area contributed by atoms with Crippen molar-refractivity contribution >= 4 is 5.78 Å². The summed E-state index contributed by atoms with van der Waals surface area (Å²) in [5.41, 5.74) is 0. The van der Waals surface area contributed by atoms with E-state index in [1.165, 1.54) is 20.8 Å². The van der Waals surface area contributed by atoms with Crippen LogP contribution >= 0.6 is 0 Å². The third-order valence-corrected chi connectivity index (χ3v) is 0. The van der Waals surface area contributed by atoms with Gasteiger partial charge in [0.25, 0.3) is 0 Å². The lowest BCUT2D eigenvalue weighted by Crippen LogP contribution is -1.69. The Morgan fingerprint density at radius 2 is 1.33 bits per heavy atom. The van der Waals surface area contributed by atoms with Gasteiger partial charge in [-0.3, -0.25) is 0 Å².